The molecule has 0 bridgehead atoms. The highest BCUT2D eigenvalue weighted by molar-refractivity contribution is 5.96. The van der Waals surface area contributed by atoms with Crippen LogP contribution in [0.25, 0.3) is 5.69 Å². The quantitative estimate of drug-likeness (QED) is 0.657. The number of rotatable bonds is 5. The summed E-state index contributed by atoms with van der Waals surface area (Å²) < 4.78 is 1.38. The van der Waals surface area contributed by atoms with Crippen LogP contribution in [0.1, 0.15) is 43.1 Å². The minimum absolute atomic E-state index is 0.115. The molecule has 1 aromatic heterocycles. The van der Waals surface area contributed by atoms with Gasteiger partial charge in [-0.25, -0.2) is 4.68 Å². The number of benzene rings is 1. The zero-order chi connectivity index (χ0) is 20.8. The number of hydrogen-bond acceptors (Lipinski definition) is 5. The molecular weight excluding hydrogens is 374 g/mol. The van der Waals surface area contributed by atoms with E-state index in [0.29, 0.717) is 38.0 Å². The van der Waals surface area contributed by atoms with Gasteiger partial charge < -0.3 is 10.0 Å². The van der Waals surface area contributed by atoms with Gasteiger partial charge in [0.2, 0.25) is 11.8 Å². The van der Waals surface area contributed by atoms with Gasteiger partial charge in [0.1, 0.15) is 0 Å². The Kier molecular flexibility index (Phi) is 6.48. The van der Waals surface area contributed by atoms with E-state index in [4.69, 9.17) is 0 Å². The molecule has 0 radical (unpaired) electrons. The number of nitrogens with one attached hydrogen (secondary N) is 2. The number of hydrogen-bond donors (Lipinski definition) is 3. The predicted octanol–water partition coefficient (Wildman–Crippen LogP) is 1.38. The van der Waals surface area contributed by atoms with Crippen LogP contribution < -0.4 is 10.9 Å². The van der Waals surface area contributed by atoms with Gasteiger partial charge >= 0.3 is 0 Å². The van der Waals surface area contributed by atoms with Crippen molar-refractivity contribution in [2.24, 2.45) is 5.92 Å². The fourth-order valence-electron chi connectivity index (χ4n) is 3.28. The maximum Gasteiger partial charge on any atom is 0.294 e. The summed E-state index contributed by atoms with van der Waals surface area (Å²) in [5.41, 5.74) is 5.20. The predicted molar refractivity (Wildman–Crippen MR) is 105 cm³/mol. The Morgan fingerprint density at radius 2 is 1.83 bits per heavy atom. The van der Waals surface area contributed by atoms with Gasteiger partial charge in [0.15, 0.2) is 11.4 Å². The molecule has 0 unspecified atom stereocenters. The number of piperidine rings is 1. The van der Waals surface area contributed by atoms with Crippen molar-refractivity contribution < 1.29 is 19.5 Å². The van der Waals surface area contributed by atoms with Crippen molar-refractivity contribution in [1.29, 1.82) is 0 Å². The topological polar surface area (TPSA) is 117 Å². The van der Waals surface area contributed by atoms with Crippen LogP contribution in [0.4, 0.5) is 0 Å². The molecule has 1 fully saturated rings. The van der Waals surface area contributed by atoms with Gasteiger partial charge in [0.25, 0.3) is 5.91 Å². The van der Waals surface area contributed by atoms with E-state index < -0.39 is 5.91 Å². The number of aromatic hydroxyl groups is 1. The van der Waals surface area contributed by atoms with Crippen molar-refractivity contribution in [3.05, 3.63) is 42.2 Å². The van der Waals surface area contributed by atoms with Crippen LogP contribution in [-0.2, 0) is 9.59 Å². The van der Waals surface area contributed by atoms with Gasteiger partial charge in [-0.05, 0) is 31.4 Å². The number of para-hydroxylation sites is 1. The molecule has 3 N–H and O–H groups in total. The molecule has 1 aliphatic heterocycles. The van der Waals surface area contributed by atoms with Crippen LogP contribution in [0.2, 0.25) is 0 Å². The van der Waals surface area contributed by atoms with Crippen LogP contribution in [-0.4, -0.2) is 50.6 Å². The van der Waals surface area contributed by atoms with Crippen molar-refractivity contribution in [2.45, 2.75) is 32.6 Å². The third-order valence-corrected chi connectivity index (χ3v) is 4.91. The Hall–Kier alpha value is -3.36. The Labute approximate surface area is 168 Å². The highest BCUT2D eigenvalue weighted by Crippen LogP contribution is 2.19. The zero-order valence-corrected chi connectivity index (χ0v) is 16.3. The molecule has 1 saturated heterocycles. The number of carbonyl (C=O) groups excluding carboxylic acids is 3. The number of nitrogens with zero attached hydrogens (tertiary/aromatic N) is 3. The summed E-state index contributed by atoms with van der Waals surface area (Å²) in [5.74, 6) is -1.48. The number of carbonyl (C=O) groups is 3. The number of likely N-dealkylation sites (tertiary alicyclic amines) is 1. The van der Waals surface area contributed by atoms with E-state index in [0.717, 1.165) is 6.42 Å². The molecule has 0 saturated carbocycles. The molecule has 0 spiro atoms. The largest absolute Gasteiger partial charge is 0.504 e. The second-order valence-electron chi connectivity index (χ2n) is 6.99. The SMILES string of the molecule is CCCC(=O)N1CCC(C(=O)NNC(=O)c2nn(-c3ccccc3)cc2O)CC1. The lowest BCUT2D eigenvalue weighted by molar-refractivity contribution is -0.135. The first-order valence-corrected chi connectivity index (χ1v) is 9.71. The molecule has 154 valence electrons. The first kappa shape index (κ1) is 20.4. The summed E-state index contributed by atoms with van der Waals surface area (Å²) in [6, 6.07) is 9.05. The van der Waals surface area contributed by atoms with E-state index >= 15 is 0 Å². The third-order valence-electron chi connectivity index (χ3n) is 4.91. The molecule has 9 heteroatoms. The fourth-order valence-corrected chi connectivity index (χ4v) is 3.28. The fraction of sp³-hybridized carbons (Fsp3) is 0.400. The highest BCUT2D eigenvalue weighted by Gasteiger charge is 2.27. The molecule has 1 aromatic carbocycles. The highest BCUT2D eigenvalue weighted by atomic mass is 16.3. The van der Waals surface area contributed by atoms with Crippen LogP contribution in [0, 0.1) is 5.92 Å². The third kappa shape index (κ3) is 4.92. The lowest BCUT2D eigenvalue weighted by Gasteiger charge is -2.31. The molecular formula is C20H25N5O4. The van der Waals surface area contributed by atoms with Crippen LogP contribution >= 0.6 is 0 Å². The maximum absolute atomic E-state index is 12.3. The molecule has 1 aliphatic rings. The van der Waals surface area contributed by atoms with Gasteiger partial charge in [-0.2, -0.15) is 5.10 Å². The first-order chi connectivity index (χ1) is 14.0. The summed E-state index contributed by atoms with van der Waals surface area (Å²) in [4.78, 5) is 38.3. The Morgan fingerprint density at radius 1 is 1.14 bits per heavy atom. The van der Waals surface area contributed by atoms with Gasteiger partial charge in [-0.3, -0.25) is 25.2 Å². The minimum atomic E-state index is -0.707. The number of hydrazine groups is 1. The second-order valence-corrected chi connectivity index (χ2v) is 6.99. The van der Waals surface area contributed by atoms with Crippen molar-refractivity contribution in [1.82, 2.24) is 25.5 Å². The van der Waals surface area contributed by atoms with Crippen LogP contribution in [0.15, 0.2) is 36.5 Å². The number of aromatic nitrogens is 2. The van der Waals surface area contributed by atoms with Gasteiger partial charge in [-0.1, -0.05) is 25.1 Å². The van der Waals surface area contributed by atoms with E-state index in [1.165, 1.54) is 10.9 Å². The van der Waals surface area contributed by atoms with E-state index in [-0.39, 0.29) is 29.2 Å². The summed E-state index contributed by atoms with van der Waals surface area (Å²) in [7, 11) is 0. The lowest BCUT2D eigenvalue weighted by Crippen LogP contribution is -2.48. The van der Waals surface area contributed by atoms with Crippen molar-refractivity contribution in [3.8, 4) is 11.4 Å². The Bertz CT molecular complexity index is 872. The van der Waals surface area contributed by atoms with Crippen LogP contribution in [0.3, 0.4) is 0 Å². The van der Waals surface area contributed by atoms with Crippen LogP contribution in [0.5, 0.6) is 5.75 Å². The smallest absolute Gasteiger partial charge is 0.294 e. The summed E-state index contributed by atoms with van der Waals surface area (Å²) in [6.07, 6.45) is 3.75. The molecule has 0 atom stereocenters. The molecule has 9 nitrogen and oxygen atoms in total. The average molecular weight is 399 g/mol. The monoisotopic (exact) mass is 399 g/mol. The minimum Gasteiger partial charge on any atom is -0.504 e. The van der Waals surface area contributed by atoms with Gasteiger partial charge in [0, 0.05) is 25.4 Å². The van der Waals surface area contributed by atoms with Gasteiger partial charge in [0.05, 0.1) is 11.9 Å². The number of amides is 3. The molecule has 29 heavy (non-hydrogen) atoms. The molecule has 2 aromatic rings. The second kappa shape index (κ2) is 9.22. The molecule has 3 amide bonds. The van der Waals surface area contributed by atoms with E-state index in [1.807, 2.05) is 25.1 Å². The van der Waals surface area contributed by atoms with Gasteiger partial charge in [-0.15, -0.1) is 0 Å². The zero-order valence-electron chi connectivity index (χ0n) is 16.3. The average Bonchev–Trinajstić information content (AvgIpc) is 3.14. The summed E-state index contributed by atoms with van der Waals surface area (Å²) in [5, 5.41) is 14.1. The van der Waals surface area contributed by atoms with E-state index in [2.05, 4.69) is 16.0 Å². The van der Waals surface area contributed by atoms with Crippen molar-refractivity contribution in [2.75, 3.05) is 13.1 Å². The van der Waals surface area contributed by atoms with E-state index in [9.17, 15) is 19.5 Å². The normalized spacial score (nSPS) is 14.4. The molecule has 3 rings (SSSR count). The molecule has 0 aliphatic carbocycles. The van der Waals surface area contributed by atoms with Crippen molar-refractivity contribution in [3.63, 3.8) is 0 Å². The summed E-state index contributed by atoms with van der Waals surface area (Å²) in [6.45, 7) is 3.03. The van der Waals surface area contributed by atoms with Crippen molar-refractivity contribution >= 4 is 17.7 Å². The lowest BCUT2D eigenvalue weighted by atomic mass is 9.96. The standard InChI is InChI=1S/C20H25N5O4/c1-2-6-17(27)24-11-9-14(10-12-24)19(28)21-22-20(29)18-16(26)13-25(23-18)15-7-4-3-5-8-15/h3-5,7-8,13-14,26H,2,6,9-12H2,1H3,(H,21,28)(H,22,29). The Balaban J connectivity index is 1.52. The Morgan fingerprint density at radius 3 is 2.48 bits per heavy atom. The first-order valence-electron chi connectivity index (χ1n) is 9.71. The molecule has 2 heterocycles. The summed E-state index contributed by atoms with van der Waals surface area (Å²) >= 11 is 0. The van der Waals surface area contributed by atoms with E-state index in [1.54, 1.807) is 17.0 Å². The maximum atomic E-state index is 12.3.